The van der Waals surface area contributed by atoms with E-state index < -0.39 is 5.91 Å². The van der Waals surface area contributed by atoms with Gasteiger partial charge in [0.05, 0.1) is 19.1 Å². The summed E-state index contributed by atoms with van der Waals surface area (Å²) in [5, 5.41) is 0. The maximum Gasteiger partial charge on any atom is 0.279 e. The number of thiophene rings is 1. The fourth-order valence-corrected chi connectivity index (χ4v) is 3.79. The first-order valence-corrected chi connectivity index (χ1v) is 9.13. The second-order valence-corrected chi connectivity index (χ2v) is 7.10. The Bertz CT molecular complexity index is 779. The minimum atomic E-state index is -0.471. The molecule has 2 amide bonds. The van der Waals surface area contributed by atoms with Gasteiger partial charge < -0.3 is 9.47 Å². The van der Waals surface area contributed by atoms with Gasteiger partial charge in [-0.05, 0) is 53.0 Å². The molecule has 0 atom stereocenters. The van der Waals surface area contributed by atoms with Crippen LogP contribution in [0, 0.1) is 6.92 Å². The van der Waals surface area contributed by atoms with Gasteiger partial charge in [0.25, 0.3) is 11.8 Å². The summed E-state index contributed by atoms with van der Waals surface area (Å²) in [6, 6.07) is 4.92. The molecular formula is C17H19BrN2O4S. The zero-order chi connectivity index (χ0) is 18.6. The Morgan fingerprint density at radius 3 is 2.12 bits per heavy atom. The first kappa shape index (κ1) is 19.3. The number of halogens is 1. The summed E-state index contributed by atoms with van der Waals surface area (Å²) in [5.74, 6) is 0.0910. The van der Waals surface area contributed by atoms with Crippen LogP contribution in [0.25, 0.3) is 0 Å². The maximum absolute atomic E-state index is 12.3. The molecule has 2 aromatic rings. The number of hydrogen-bond donors (Lipinski definition) is 2. The second-order valence-electron chi connectivity index (χ2n) is 5.17. The van der Waals surface area contributed by atoms with Gasteiger partial charge in [-0.2, -0.15) is 0 Å². The Morgan fingerprint density at radius 1 is 1.08 bits per heavy atom. The van der Waals surface area contributed by atoms with Crippen LogP contribution in [0.2, 0.25) is 0 Å². The third kappa shape index (κ3) is 4.32. The fraction of sp³-hybridized carbons (Fsp3) is 0.294. The van der Waals surface area contributed by atoms with Crippen molar-refractivity contribution in [3.05, 3.63) is 43.6 Å². The molecule has 0 spiro atoms. The van der Waals surface area contributed by atoms with Crippen molar-refractivity contribution in [2.75, 3.05) is 14.2 Å². The number of aryl methyl sites for hydroxylation is 2. The van der Waals surface area contributed by atoms with Crippen LogP contribution >= 0.6 is 27.3 Å². The summed E-state index contributed by atoms with van der Waals surface area (Å²) in [5.41, 5.74) is 6.21. The normalized spacial score (nSPS) is 10.3. The van der Waals surface area contributed by atoms with Crippen LogP contribution in [0.5, 0.6) is 11.5 Å². The molecule has 1 heterocycles. The Kier molecular flexibility index (Phi) is 6.44. The lowest BCUT2D eigenvalue weighted by Gasteiger charge is -2.12. The predicted molar refractivity (Wildman–Crippen MR) is 101 cm³/mol. The fourth-order valence-electron chi connectivity index (χ4n) is 2.23. The number of hydrazine groups is 1. The average molecular weight is 427 g/mol. The van der Waals surface area contributed by atoms with E-state index in [0.717, 1.165) is 16.9 Å². The second kappa shape index (κ2) is 8.35. The molecule has 25 heavy (non-hydrogen) atoms. The van der Waals surface area contributed by atoms with Crippen molar-refractivity contribution in [1.29, 1.82) is 0 Å². The number of carbonyl (C=O) groups is 2. The Labute approximate surface area is 158 Å². The molecule has 0 aliphatic rings. The number of hydrogen-bond acceptors (Lipinski definition) is 5. The SMILES string of the molecule is CCc1sc(C(=O)NNC(=O)c2cc(OC)c(Br)c(OC)c2)cc1C. The monoisotopic (exact) mass is 426 g/mol. The first-order chi connectivity index (χ1) is 11.9. The molecule has 0 saturated carbocycles. The van der Waals surface area contributed by atoms with Gasteiger partial charge in [0.15, 0.2) is 0 Å². The number of ether oxygens (including phenoxy) is 2. The van der Waals surface area contributed by atoms with E-state index in [4.69, 9.17) is 9.47 Å². The van der Waals surface area contributed by atoms with Gasteiger partial charge in [0.2, 0.25) is 0 Å². The lowest BCUT2D eigenvalue weighted by Crippen LogP contribution is -2.41. The third-order valence-electron chi connectivity index (χ3n) is 3.56. The van der Waals surface area contributed by atoms with Crippen LogP contribution in [-0.4, -0.2) is 26.0 Å². The molecule has 2 N–H and O–H groups in total. The molecule has 0 aliphatic heterocycles. The molecule has 1 aromatic heterocycles. The van der Waals surface area contributed by atoms with Crippen molar-refractivity contribution in [2.24, 2.45) is 0 Å². The molecule has 0 unspecified atom stereocenters. The molecule has 0 saturated heterocycles. The lowest BCUT2D eigenvalue weighted by molar-refractivity contribution is 0.0848. The van der Waals surface area contributed by atoms with Gasteiger partial charge in [-0.15, -0.1) is 11.3 Å². The molecule has 0 aliphatic carbocycles. The van der Waals surface area contributed by atoms with Crippen LogP contribution in [0.1, 0.15) is 37.4 Å². The highest BCUT2D eigenvalue weighted by Gasteiger charge is 2.16. The highest BCUT2D eigenvalue weighted by molar-refractivity contribution is 9.10. The number of methoxy groups -OCH3 is 2. The minimum absolute atomic E-state index is 0.300. The molecule has 0 fully saturated rings. The van der Waals surface area contributed by atoms with Crippen molar-refractivity contribution < 1.29 is 19.1 Å². The molecule has 8 heteroatoms. The van der Waals surface area contributed by atoms with Crippen molar-refractivity contribution in [1.82, 2.24) is 10.9 Å². The summed E-state index contributed by atoms with van der Waals surface area (Å²) in [7, 11) is 2.99. The Balaban J connectivity index is 2.10. The van der Waals surface area contributed by atoms with Gasteiger partial charge in [0.1, 0.15) is 16.0 Å². The van der Waals surface area contributed by atoms with E-state index >= 15 is 0 Å². The smallest absolute Gasteiger partial charge is 0.279 e. The lowest BCUT2D eigenvalue weighted by atomic mass is 10.2. The molecular weight excluding hydrogens is 408 g/mol. The molecule has 6 nitrogen and oxygen atoms in total. The number of benzene rings is 1. The van der Waals surface area contributed by atoms with E-state index in [2.05, 4.69) is 26.8 Å². The van der Waals surface area contributed by atoms with E-state index in [1.54, 1.807) is 12.1 Å². The number of amides is 2. The van der Waals surface area contributed by atoms with Crippen molar-refractivity contribution in [2.45, 2.75) is 20.3 Å². The summed E-state index contributed by atoms with van der Waals surface area (Å²) < 4.78 is 11.0. The van der Waals surface area contributed by atoms with Crippen molar-refractivity contribution in [3.8, 4) is 11.5 Å². The standard InChI is InChI=1S/C17H19BrN2O4S/c1-5-13-9(2)6-14(25-13)17(22)20-19-16(21)10-7-11(23-3)15(18)12(8-10)24-4/h6-8H,5H2,1-4H3,(H,19,21)(H,20,22). The van der Waals surface area contributed by atoms with Crippen LogP contribution < -0.4 is 20.3 Å². The zero-order valence-corrected chi connectivity index (χ0v) is 16.8. The maximum atomic E-state index is 12.3. The van der Waals surface area contributed by atoms with Crippen LogP contribution in [0.15, 0.2) is 22.7 Å². The topological polar surface area (TPSA) is 76.7 Å². The largest absolute Gasteiger partial charge is 0.495 e. The van der Waals surface area contributed by atoms with Crippen molar-refractivity contribution in [3.63, 3.8) is 0 Å². The highest BCUT2D eigenvalue weighted by atomic mass is 79.9. The van der Waals surface area contributed by atoms with E-state index in [0.29, 0.717) is 26.4 Å². The van der Waals surface area contributed by atoms with Gasteiger partial charge in [-0.3, -0.25) is 20.4 Å². The Morgan fingerprint density at radius 2 is 1.64 bits per heavy atom. The van der Waals surface area contributed by atoms with Gasteiger partial charge in [0, 0.05) is 10.4 Å². The van der Waals surface area contributed by atoms with Gasteiger partial charge >= 0.3 is 0 Å². The Hall–Kier alpha value is -2.06. The van der Waals surface area contributed by atoms with Crippen LogP contribution in [0.4, 0.5) is 0 Å². The molecule has 134 valence electrons. The summed E-state index contributed by atoms with van der Waals surface area (Å²) in [4.78, 5) is 26.2. The van der Waals surface area contributed by atoms with E-state index in [-0.39, 0.29) is 5.91 Å². The summed E-state index contributed by atoms with van der Waals surface area (Å²) in [6.45, 7) is 4.00. The highest BCUT2D eigenvalue weighted by Crippen LogP contribution is 2.35. The molecule has 1 aromatic carbocycles. The minimum Gasteiger partial charge on any atom is -0.495 e. The van der Waals surface area contributed by atoms with Crippen LogP contribution in [-0.2, 0) is 6.42 Å². The zero-order valence-electron chi connectivity index (χ0n) is 14.4. The summed E-state index contributed by atoms with van der Waals surface area (Å²) >= 11 is 4.76. The average Bonchev–Trinajstić information content (AvgIpc) is 3.00. The van der Waals surface area contributed by atoms with Gasteiger partial charge in [-0.1, -0.05) is 6.92 Å². The number of carbonyl (C=O) groups excluding carboxylic acids is 2. The van der Waals surface area contributed by atoms with E-state index in [1.807, 2.05) is 19.9 Å². The van der Waals surface area contributed by atoms with Crippen LogP contribution in [0.3, 0.4) is 0 Å². The van der Waals surface area contributed by atoms with E-state index in [9.17, 15) is 9.59 Å². The third-order valence-corrected chi connectivity index (χ3v) is 5.72. The molecule has 0 bridgehead atoms. The summed E-state index contributed by atoms with van der Waals surface area (Å²) in [6.07, 6.45) is 0.870. The number of rotatable bonds is 5. The molecule has 0 radical (unpaired) electrons. The van der Waals surface area contributed by atoms with E-state index in [1.165, 1.54) is 25.6 Å². The molecule has 2 rings (SSSR count). The van der Waals surface area contributed by atoms with Crippen molar-refractivity contribution >= 4 is 39.1 Å². The first-order valence-electron chi connectivity index (χ1n) is 7.52. The quantitative estimate of drug-likeness (QED) is 0.717. The number of nitrogens with one attached hydrogen (secondary N) is 2. The van der Waals surface area contributed by atoms with Gasteiger partial charge in [-0.25, -0.2) is 0 Å². The predicted octanol–water partition coefficient (Wildman–Crippen LogP) is 3.47.